The molecule has 0 amide bonds. The van der Waals surface area contributed by atoms with E-state index in [-0.39, 0.29) is 6.04 Å². The molecule has 3 aromatic rings. The van der Waals surface area contributed by atoms with E-state index in [0.29, 0.717) is 18.6 Å². The summed E-state index contributed by atoms with van der Waals surface area (Å²) in [5.74, 6) is 1.55. The maximum atomic E-state index is 5.76. The van der Waals surface area contributed by atoms with Gasteiger partial charge in [-0.15, -0.1) is 0 Å². The molecule has 1 aromatic heterocycles. The number of benzene rings is 2. The number of alkyl halides is 1. The van der Waals surface area contributed by atoms with Crippen LogP contribution < -0.4 is 4.74 Å². The lowest BCUT2D eigenvalue weighted by Gasteiger charge is -2.42. The van der Waals surface area contributed by atoms with Gasteiger partial charge in [-0.2, -0.15) is 0 Å². The van der Waals surface area contributed by atoms with E-state index in [9.17, 15) is 0 Å². The molecular weight excluding hydrogens is 412 g/mol. The van der Waals surface area contributed by atoms with Gasteiger partial charge in [0.2, 0.25) is 0 Å². The molecule has 4 heteroatoms. The van der Waals surface area contributed by atoms with Crippen molar-refractivity contribution in [2.24, 2.45) is 5.92 Å². The molecule has 1 aliphatic heterocycles. The van der Waals surface area contributed by atoms with E-state index in [2.05, 4.69) is 95.1 Å². The van der Waals surface area contributed by atoms with Crippen LogP contribution in [0.15, 0.2) is 48.5 Å². The van der Waals surface area contributed by atoms with Crippen molar-refractivity contribution in [3.63, 3.8) is 0 Å². The third kappa shape index (κ3) is 3.72. The topological polar surface area (TPSA) is 28.3 Å². The van der Waals surface area contributed by atoms with Crippen LogP contribution >= 0.6 is 15.9 Å². The monoisotopic (exact) mass is 440 g/mol. The standard InChI is InChI=1S/C24H29BrN2O/c1-16(2)15-27-17(3)14-21-20-6-4-5-7-22(20)26-23(21)24(27)18-8-10-19(11-9-18)28-13-12-25/h4-11,16-17,24,26H,12-15H2,1-3H3/t17-,24-/m1/s1. The van der Waals surface area contributed by atoms with Gasteiger partial charge in [-0.25, -0.2) is 0 Å². The van der Waals surface area contributed by atoms with Gasteiger partial charge in [0.15, 0.2) is 0 Å². The molecule has 3 nitrogen and oxygen atoms in total. The second-order valence-corrected chi connectivity index (χ2v) is 9.01. The van der Waals surface area contributed by atoms with Gasteiger partial charge in [0, 0.05) is 34.5 Å². The fourth-order valence-corrected chi connectivity index (χ4v) is 4.64. The Labute approximate surface area is 176 Å². The maximum absolute atomic E-state index is 5.76. The van der Waals surface area contributed by atoms with Gasteiger partial charge in [0.05, 0.1) is 12.6 Å². The molecule has 4 rings (SSSR count). The highest BCUT2D eigenvalue weighted by Crippen LogP contribution is 2.41. The lowest BCUT2D eigenvalue weighted by atomic mass is 9.88. The van der Waals surface area contributed by atoms with Gasteiger partial charge < -0.3 is 9.72 Å². The van der Waals surface area contributed by atoms with Gasteiger partial charge in [0.25, 0.3) is 0 Å². The minimum Gasteiger partial charge on any atom is -0.493 e. The molecule has 0 bridgehead atoms. The van der Waals surface area contributed by atoms with Crippen molar-refractivity contribution in [2.75, 3.05) is 18.5 Å². The molecule has 1 N–H and O–H groups in total. The number of rotatable bonds is 6. The summed E-state index contributed by atoms with van der Waals surface area (Å²) in [6.45, 7) is 8.75. The van der Waals surface area contributed by atoms with E-state index in [1.165, 1.54) is 27.7 Å². The van der Waals surface area contributed by atoms with E-state index >= 15 is 0 Å². The highest BCUT2D eigenvalue weighted by atomic mass is 79.9. The number of ether oxygens (including phenoxy) is 1. The first kappa shape index (κ1) is 19.5. The summed E-state index contributed by atoms with van der Waals surface area (Å²) in [6.07, 6.45) is 1.09. The zero-order valence-corrected chi connectivity index (χ0v) is 18.5. The Hall–Kier alpha value is -1.78. The smallest absolute Gasteiger partial charge is 0.119 e. The molecule has 1 aliphatic rings. The Morgan fingerprint density at radius 2 is 1.89 bits per heavy atom. The Bertz CT molecular complexity index is 931. The summed E-state index contributed by atoms with van der Waals surface area (Å²) in [5, 5.41) is 2.21. The van der Waals surface area contributed by atoms with Gasteiger partial charge >= 0.3 is 0 Å². The SMILES string of the molecule is CC(C)CN1[C@H](c2ccc(OCCBr)cc2)c2[nH]c3ccccc3c2C[C@H]1C. The van der Waals surface area contributed by atoms with Crippen LogP contribution in [-0.2, 0) is 6.42 Å². The number of halogens is 1. The van der Waals surface area contributed by atoms with Crippen LogP contribution in [0.2, 0.25) is 0 Å². The Morgan fingerprint density at radius 1 is 1.14 bits per heavy atom. The second kappa shape index (κ2) is 8.30. The number of hydrogen-bond donors (Lipinski definition) is 1. The number of H-pyrrole nitrogens is 1. The first-order chi connectivity index (χ1) is 13.6. The van der Waals surface area contributed by atoms with Crippen LogP contribution in [0.5, 0.6) is 5.75 Å². The predicted octanol–water partition coefficient (Wildman–Crippen LogP) is 5.93. The zero-order valence-electron chi connectivity index (χ0n) is 16.9. The summed E-state index contributed by atoms with van der Waals surface area (Å²) in [5.41, 5.74) is 5.40. The normalized spacial score (nSPS) is 19.9. The molecule has 0 saturated heterocycles. The van der Waals surface area contributed by atoms with E-state index in [1.807, 2.05) is 0 Å². The average molecular weight is 441 g/mol. The highest BCUT2D eigenvalue weighted by Gasteiger charge is 2.35. The predicted molar refractivity (Wildman–Crippen MR) is 121 cm³/mol. The van der Waals surface area contributed by atoms with Crippen LogP contribution in [0.4, 0.5) is 0 Å². The van der Waals surface area contributed by atoms with Crippen LogP contribution in [-0.4, -0.2) is 34.4 Å². The van der Waals surface area contributed by atoms with Crippen molar-refractivity contribution in [3.8, 4) is 5.75 Å². The lowest BCUT2D eigenvalue weighted by Crippen LogP contribution is -2.44. The van der Waals surface area contributed by atoms with Crippen molar-refractivity contribution in [2.45, 2.75) is 39.3 Å². The third-order valence-electron chi connectivity index (χ3n) is 5.64. The minimum absolute atomic E-state index is 0.249. The Morgan fingerprint density at radius 3 is 2.61 bits per heavy atom. The highest BCUT2D eigenvalue weighted by molar-refractivity contribution is 9.09. The number of aromatic nitrogens is 1. The third-order valence-corrected chi connectivity index (χ3v) is 5.96. The van der Waals surface area contributed by atoms with E-state index in [1.54, 1.807) is 0 Å². The lowest BCUT2D eigenvalue weighted by molar-refractivity contribution is 0.131. The largest absolute Gasteiger partial charge is 0.493 e. The van der Waals surface area contributed by atoms with Gasteiger partial charge in [-0.05, 0) is 48.6 Å². The molecule has 0 aliphatic carbocycles. The molecule has 28 heavy (non-hydrogen) atoms. The molecule has 2 atom stereocenters. The molecule has 148 valence electrons. The summed E-state index contributed by atoms with van der Waals surface area (Å²) < 4.78 is 5.76. The van der Waals surface area contributed by atoms with E-state index < -0.39 is 0 Å². The number of fused-ring (bicyclic) bond motifs is 3. The molecule has 2 heterocycles. The van der Waals surface area contributed by atoms with Crippen molar-refractivity contribution in [1.29, 1.82) is 0 Å². The number of nitrogens with one attached hydrogen (secondary N) is 1. The van der Waals surface area contributed by atoms with Gasteiger partial charge in [-0.3, -0.25) is 4.90 Å². The molecule has 0 radical (unpaired) electrons. The first-order valence-corrected chi connectivity index (χ1v) is 11.3. The van der Waals surface area contributed by atoms with Gasteiger partial charge in [0.1, 0.15) is 5.75 Å². The van der Waals surface area contributed by atoms with Crippen LogP contribution in [0.1, 0.15) is 43.6 Å². The summed E-state index contributed by atoms with van der Waals surface area (Å²) in [6, 6.07) is 18.1. The van der Waals surface area contributed by atoms with Crippen LogP contribution in [0.3, 0.4) is 0 Å². The first-order valence-electron chi connectivity index (χ1n) is 10.2. The molecular formula is C24H29BrN2O. The van der Waals surface area contributed by atoms with Crippen LogP contribution in [0, 0.1) is 5.92 Å². The van der Waals surface area contributed by atoms with E-state index in [4.69, 9.17) is 4.74 Å². The van der Waals surface area contributed by atoms with E-state index in [0.717, 1.165) is 24.0 Å². The fourth-order valence-electron chi connectivity index (χ4n) is 4.48. The van der Waals surface area contributed by atoms with Crippen molar-refractivity contribution in [3.05, 3.63) is 65.4 Å². The Kier molecular flexibility index (Phi) is 5.79. The zero-order chi connectivity index (χ0) is 19.7. The Balaban J connectivity index is 1.78. The number of hydrogen-bond acceptors (Lipinski definition) is 2. The second-order valence-electron chi connectivity index (χ2n) is 8.22. The van der Waals surface area contributed by atoms with Crippen molar-refractivity contribution in [1.82, 2.24) is 9.88 Å². The summed E-state index contributed by atoms with van der Waals surface area (Å²) in [4.78, 5) is 6.42. The molecule has 2 aromatic carbocycles. The molecule has 0 fully saturated rings. The fraction of sp³-hybridized carbons (Fsp3) is 0.417. The summed E-state index contributed by atoms with van der Waals surface area (Å²) in [7, 11) is 0. The van der Waals surface area contributed by atoms with Crippen molar-refractivity contribution >= 4 is 26.8 Å². The molecule has 0 spiro atoms. The number of para-hydroxylation sites is 1. The maximum Gasteiger partial charge on any atom is 0.119 e. The quantitative estimate of drug-likeness (QED) is 0.480. The van der Waals surface area contributed by atoms with Crippen LogP contribution in [0.25, 0.3) is 10.9 Å². The number of aromatic amines is 1. The minimum atomic E-state index is 0.249. The van der Waals surface area contributed by atoms with Gasteiger partial charge in [-0.1, -0.05) is 60.1 Å². The average Bonchev–Trinajstić information content (AvgIpc) is 3.05. The van der Waals surface area contributed by atoms with Crippen molar-refractivity contribution < 1.29 is 4.74 Å². The number of nitrogens with zero attached hydrogens (tertiary/aromatic N) is 1. The molecule has 0 saturated carbocycles. The summed E-state index contributed by atoms with van der Waals surface area (Å²) >= 11 is 3.42. The molecule has 0 unspecified atom stereocenters.